The van der Waals surface area contributed by atoms with Gasteiger partial charge in [-0.05, 0) is 18.9 Å². The van der Waals surface area contributed by atoms with Gasteiger partial charge in [0.15, 0.2) is 0 Å². The molecule has 1 atom stereocenters. The number of anilines is 2. The van der Waals surface area contributed by atoms with Crippen molar-refractivity contribution >= 4 is 28.7 Å². The van der Waals surface area contributed by atoms with Crippen molar-refractivity contribution in [1.82, 2.24) is 0 Å². The normalized spacial score (nSPS) is 19.6. The van der Waals surface area contributed by atoms with Crippen LogP contribution >= 0.6 is 11.6 Å². The molecule has 116 valence electrons. The maximum Gasteiger partial charge on any atom is 0.393 e. The van der Waals surface area contributed by atoms with Gasteiger partial charge < -0.3 is 10.6 Å². The largest absolute Gasteiger partial charge is 0.393 e. The van der Waals surface area contributed by atoms with Crippen molar-refractivity contribution in [3.8, 4) is 0 Å². The molecule has 21 heavy (non-hydrogen) atoms. The molecule has 0 saturated carbocycles. The van der Waals surface area contributed by atoms with E-state index in [1.54, 1.807) is 0 Å². The van der Waals surface area contributed by atoms with Crippen LogP contribution in [0, 0.1) is 16.0 Å². The van der Waals surface area contributed by atoms with Crippen LogP contribution in [0.25, 0.3) is 0 Å². The average molecular weight is 324 g/mol. The van der Waals surface area contributed by atoms with Crippen LogP contribution in [0.4, 0.5) is 30.2 Å². The van der Waals surface area contributed by atoms with Gasteiger partial charge in [-0.15, -0.1) is 0 Å². The van der Waals surface area contributed by atoms with E-state index in [0.29, 0.717) is 18.7 Å². The Balaban J connectivity index is 2.30. The van der Waals surface area contributed by atoms with Gasteiger partial charge in [0.05, 0.1) is 21.6 Å². The summed E-state index contributed by atoms with van der Waals surface area (Å²) in [5.74, 6) is -1.43. The van der Waals surface area contributed by atoms with Crippen LogP contribution in [-0.4, -0.2) is 24.2 Å². The first-order valence-electron chi connectivity index (χ1n) is 6.25. The number of hydrogen-bond acceptors (Lipinski definition) is 4. The number of nitro groups is 1. The fourth-order valence-electron chi connectivity index (χ4n) is 2.43. The zero-order valence-corrected chi connectivity index (χ0v) is 11.6. The van der Waals surface area contributed by atoms with Gasteiger partial charge in [-0.3, -0.25) is 10.1 Å². The Bertz CT molecular complexity index is 565. The molecule has 1 saturated heterocycles. The minimum atomic E-state index is -4.27. The molecular weight excluding hydrogens is 311 g/mol. The smallest absolute Gasteiger partial charge is 0.393 e. The van der Waals surface area contributed by atoms with E-state index in [-0.39, 0.29) is 29.4 Å². The number of hydrogen-bond donors (Lipinski definition) is 1. The summed E-state index contributed by atoms with van der Waals surface area (Å²) < 4.78 is 38.4. The molecule has 0 amide bonds. The van der Waals surface area contributed by atoms with Crippen LogP contribution in [0.1, 0.15) is 12.8 Å². The van der Waals surface area contributed by atoms with Gasteiger partial charge in [0, 0.05) is 19.2 Å². The van der Waals surface area contributed by atoms with Crippen molar-refractivity contribution in [3.63, 3.8) is 0 Å². The summed E-state index contributed by atoms with van der Waals surface area (Å²) in [5, 5.41) is 10.8. The average Bonchev–Trinajstić information content (AvgIpc) is 2.40. The number of benzene rings is 1. The number of piperidine rings is 1. The molecular formula is C12H13ClF3N3O2. The van der Waals surface area contributed by atoms with Crippen molar-refractivity contribution in [2.24, 2.45) is 5.92 Å². The second-order valence-corrected chi connectivity index (χ2v) is 5.35. The van der Waals surface area contributed by atoms with Crippen LogP contribution in [0.2, 0.25) is 5.02 Å². The Morgan fingerprint density at radius 2 is 2.10 bits per heavy atom. The topological polar surface area (TPSA) is 72.4 Å². The summed E-state index contributed by atoms with van der Waals surface area (Å²) in [6.07, 6.45) is -3.82. The Labute approximate surface area is 123 Å². The molecule has 1 aromatic rings. The molecule has 1 fully saturated rings. The Morgan fingerprint density at radius 3 is 2.67 bits per heavy atom. The standard InChI is InChI=1S/C12H13ClF3N3O2/c13-8-4-11(19(20)21)9(17)5-10(8)18-3-1-2-7(6-18)12(14,15)16/h4-5,7H,1-3,6,17H2/t7-/m0/s1. The first-order chi connectivity index (χ1) is 9.70. The third kappa shape index (κ3) is 3.31. The lowest BCUT2D eigenvalue weighted by Crippen LogP contribution is -2.41. The van der Waals surface area contributed by atoms with E-state index in [1.165, 1.54) is 11.0 Å². The Morgan fingerprint density at radius 1 is 1.43 bits per heavy atom. The third-order valence-corrected chi connectivity index (χ3v) is 3.82. The highest BCUT2D eigenvalue weighted by Crippen LogP contribution is 2.39. The lowest BCUT2D eigenvalue weighted by molar-refractivity contribution is -0.383. The number of rotatable bonds is 2. The van der Waals surface area contributed by atoms with E-state index in [4.69, 9.17) is 17.3 Å². The molecule has 1 aliphatic rings. The highest BCUT2D eigenvalue weighted by molar-refractivity contribution is 6.33. The highest BCUT2D eigenvalue weighted by atomic mass is 35.5. The van der Waals surface area contributed by atoms with Crippen molar-refractivity contribution in [2.75, 3.05) is 23.7 Å². The summed E-state index contributed by atoms with van der Waals surface area (Å²) in [6.45, 7) is 0.185. The minimum absolute atomic E-state index is 0.0266. The van der Waals surface area contributed by atoms with E-state index in [0.717, 1.165) is 6.07 Å². The van der Waals surface area contributed by atoms with Gasteiger partial charge in [0.25, 0.3) is 5.69 Å². The molecule has 0 unspecified atom stereocenters. The Hall–Kier alpha value is -1.70. The summed E-state index contributed by atoms with van der Waals surface area (Å²) >= 11 is 5.96. The number of nitrogens with two attached hydrogens (primary N) is 1. The number of alkyl halides is 3. The summed E-state index contributed by atoms with van der Waals surface area (Å²) in [7, 11) is 0. The lowest BCUT2D eigenvalue weighted by atomic mass is 9.97. The first kappa shape index (κ1) is 15.7. The molecule has 2 rings (SSSR count). The fraction of sp³-hybridized carbons (Fsp3) is 0.500. The predicted octanol–water partition coefficient (Wildman–Crippen LogP) is 3.61. The second kappa shape index (κ2) is 5.59. The van der Waals surface area contributed by atoms with Crippen molar-refractivity contribution in [1.29, 1.82) is 0 Å². The fourth-order valence-corrected chi connectivity index (χ4v) is 2.71. The van der Waals surface area contributed by atoms with Crippen molar-refractivity contribution in [3.05, 3.63) is 27.3 Å². The van der Waals surface area contributed by atoms with Crippen LogP contribution < -0.4 is 10.6 Å². The molecule has 1 aliphatic heterocycles. The van der Waals surface area contributed by atoms with Crippen LogP contribution in [-0.2, 0) is 0 Å². The number of halogens is 4. The molecule has 1 aromatic carbocycles. The summed E-state index contributed by atoms with van der Waals surface area (Å²) in [5.41, 5.74) is 5.40. The van der Waals surface area contributed by atoms with Gasteiger partial charge in [-0.1, -0.05) is 11.6 Å². The highest BCUT2D eigenvalue weighted by Gasteiger charge is 2.42. The molecule has 0 aliphatic carbocycles. The van der Waals surface area contributed by atoms with Crippen molar-refractivity contribution in [2.45, 2.75) is 19.0 Å². The molecule has 2 N–H and O–H groups in total. The van der Waals surface area contributed by atoms with E-state index >= 15 is 0 Å². The predicted molar refractivity (Wildman–Crippen MR) is 73.5 cm³/mol. The van der Waals surface area contributed by atoms with E-state index < -0.39 is 17.0 Å². The molecule has 1 heterocycles. The minimum Gasteiger partial charge on any atom is -0.393 e. The van der Waals surface area contributed by atoms with Gasteiger partial charge >= 0.3 is 6.18 Å². The maximum atomic E-state index is 12.8. The van der Waals surface area contributed by atoms with Crippen LogP contribution in [0.5, 0.6) is 0 Å². The van der Waals surface area contributed by atoms with Gasteiger partial charge in [-0.25, -0.2) is 0 Å². The van der Waals surface area contributed by atoms with Gasteiger partial charge in [0.1, 0.15) is 5.69 Å². The molecule has 0 bridgehead atoms. The molecule has 0 aromatic heterocycles. The summed E-state index contributed by atoms with van der Waals surface area (Å²) in [4.78, 5) is 11.5. The number of nitrogens with zero attached hydrogens (tertiary/aromatic N) is 2. The first-order valence-corrected chi connectivity index (χ1v) is 6.63. The lowest BCUT2D eigenvalue weighted by Gasteiger charge is -2.35. The van der Waals surface area contributed by atoms with E-state index in [2.05, 4.69) is 0 Å². The zero-order valence-electron chi connectivity index (χ0n) is 10.9. The third-order valence-electron chi connectivity index (χ3n) is 3.52. The Kier molecular flexibility index (Phi) is 4.18. The van der Waals surface area contributed by atoms with Crippen LogP contribution in [0.3, 0.4) is 0 Å². The van der Waals surface area contributed by atoms with Crippen LogP contribution in [0.15, 0.2) is 12.1 Å². The summed E-state index contributed by atoms with van der Waals surface area (Å²) in [6, 6.07) is 2.34. The number of nitrogen functional groups attached to an aromatic ring is 1. The van der Waals surface area contributed by atoms with Gasteiger partial charge in [-0.2, -0.15) is 13.2 Å². The SMILES string of the molecule is Nc1cc(N2CCC[C@H](C(F)(F)F)C2)c(Cl)cc1[N+](=O)[O-]. The van der Waals surface area contributed by atoms with E-state index in [1.807, 2.05) is 0 Å². The quantitative estimate of drug-likeness (QED) is 0.512. The van der Waals surface area contributed by atoms with Gasteiger partial charge in [0.2, 0.25) is 0 Å². The van der Waals surface area contributed by atoms with Crippen molar-refractivity contribution < 1.29 is 18.1 Å². The molecule has 0 spiro atoms. The molecule has 5 nitrogen and oxygen atoms in total. The molecule has 9 heteroatoms. The molecule has 0 radical (unpaired) electrons. The maximum absolute atomic E-state index is 12.8. The number of nitro benzene ring substituents is 1. The van der Waals surface area contributed by atoms with E-state index in [9.17, 15) is 23.3 Å². The second-order valence-electron chi connectivity index (χ2n) is 4.95. The monoisotopic (exact) mass is 323 g/mol. The zero-order chi connectivity index (χ0) is 15.8.